The molecule has 0 aromatic carbocycles. The Kier molecular flexibility index (Phi) is 8.56. The summed E-state index contributed by atoms with van der Waals surface area (Å²) in [5, 5.41) is 3.30. The topological polar surface area (TPSA) is 49.0 Å². The third-order valence-corrected chi connectivity index (χ3v) is 2.71. The Morgan fingerprint density at radius 2 is 1.59 bits per heavy atom. The summed E-state index contributed by atoms with van der Waals surface area (Å²) in [5.41, 5.74) is 0. The predicted molar refractivity (Wildman–Crippen MR) is 65.0 cm³/mol. The second-order valence-electron chi connectivity index (χ2n) is 4.23. The molecule has 0 radical (unpaired) electrons. The number of nitrogens with one attached hydrogen (secondary N) is 1. The van der Waals surface area contributed by atoms with Crippen LogP contribution in [0.4, 0.5) is 0 Å². The second kappa shape index (κ2) is 9.79. The highest BCUT2D eigenvalue weighted by molar-refractivity contribution is 4.75. The Bertz CT molecular complexity index is 156. The van der Waals surface area contributed by atoms with E-state index in [2.05, 4.69) is 5.32 Å². The third kappa shape index (κ3) is 8.51. The van der Waals surface area contributed by atoms with Gasteiger partial charge in [0, 0.05) is 20.8 Å². The number of ether oxygens (including phenoxy) is 4. The lowest BCUT2D eigenvalue weighted by atomic mass is 10.4. The van der Waals surface area contributed by atoms with E-state index >= 15 is 0 Å². The molecule has 1 saturated heterocycles. The van der Waals surface area contributed by atoms with Crippen LogP contribution in [0.3, 0.4) is 0 Å². The first-order valence-corrected chi connectivity index (χ1v) is 6.28. The van der Waals surface area contributed by atoms with Crippen LogP contribution in [0.5, 0.6) is 0 Å². The van der Waals surface area contributed by atoms with Gasteiger partial charge in [0.15, 0.2) is 6.29 Å². The van der Waals surface area contributed by atoms with Crippen molar-refractivity contribution < 1.29 is 18.9 Å². The van der Waals surface area contributed by atoms with Crippen molar-refractivity contribution in [2.45, 2.75) is 19.1 Å². The van der Waals surface area contributed by atoms with E-state index in [-0.39, 0.29) is 6.29 Å². The Labute approximate surface area is 104 Å². The molecule has 5 heteroatoms. The van der Waals surface area contributed by atoms with Crippen LogP contribution in [0, 0.1) is 5.92 Å². The van der Waals surface area contributed by atoms with Gasteiger partial charge in [-0.3, -0.25) is 0 Å². The van der Waals surface area contributed by atoms with E-state index in [0.29, 0.717) is 0 Å². The standard InChI is InChI=1S/C8H17NO2.C4H8O2/c1-10-8(11-2)6-9-5-7-3-4-7;1-2-6-4-3-5-1/h7-9H,3-6H2,1-2H3;1-4H2. The van der Waals surface area contributed by atoms with E-state index in [1.54, 1.807) is 14.2 Å². The van der Waals surface area contributed by atoms with Crippen molar-refractivity contribution in [1.29, 1.82) is 0 Å². The SMILES string of the molecule is C1COCCO1.COC(CNCC1CC1)OC. The molecule has 0 aromatic rings. The van der Waals surface area contributed by atoms with Crippen LogP contribution in [0.25, 0.3) is 0 Å². The summed E-state index contributed by atoms with van der Waals surface area (Å²) in [7, 11) is 3.32. The van der Waals surface area contributed by atoms with Crippen molar-refractivity contribution in [3.8, 4) is 0 Å². The minimum Gasteiger partial charge on any atom is -0.377 e. The van der Waals surface area contributed by atoms with Gasteiger partial charge in [0.05, 0.1) is 26.4 Å². The zero-order valence-electron chi connectivity index (χ0n) is 10.9. The molecule has 0 unspecified atom stereocenters. The number of methoxy groups -OCH3 is 2. The Hall–Kier alpha value is -0.200. The molecular formula is C12H25NO4. The number of hydrogen-bond acceptors (Lipinski definition) is 5. The molecule has 5 nitrogen and oxygen atoms in total. The maximum absolute atomic E-state index is 5.02. The van der Waals surface area contributed by atoms with E-state index in [1.165, 1.54) is 12.8 Å². The van der Waals surface area contributed by atoms with E-state index in [1.807, 2.05) is 0 Å². The summed E-state index contributed by atoms with van der Waals surface area (Å²) < 4.78 is 19.9. The van der Waals surface area contributed by atoms with Gasteiger partial charge in [0.25, 0.3) is 0 Å². The predicted octanol–water partition coefficient (Wildman–Crippen LogP) is 0.638. The minimum atomic E-state index is -0.0891. The van der Waals surface area contributed by atoms with Crippen LogP contribution in [0.1, 0.15) is 12.8 Å². The van der Waals surface area contributed by atoms with Crippen LogP contribution in [-0.4, -0.2) is 60.0 Å². The molecule has 0 aromatic heterocycles. The summed E-state index contributed by atoms with van der Waals surface area (Å²) in [6.07, 6.45) is 2.68. The lowest BCUT2D eigenvalue weighted by Gasteiger charge is -2.13. The molecule has 1 saturated carbocycles. The van der Waals surface area contributed by atoms with Gasteiger partial charge in [-0.1, -0.05) is 0 Å². The molecule has 0 bridgehead atoms. The number of hydrogen-bond donors (Lipinski definition) is 1. The maximum Gasteiger partial charge on any atom is 0.169 e. The van der Waals surface area contributed by atoms with E-state index in [0.717, 1.165) is 45.4 Å². The molecule has 2 rings (SSSR count). The Morgan fingerprint density at radius 1 is 1.06 bits per heavy atom. The molecule has 17 heavy (non-hydrogen) atoms. The largest absolute Gasteiger partial charge is 0.377 e. The van der Waals surface area contributed by atoms with E-state index < -0.39 is 0 Å². The second-order valence-corrected chi connectivity index (χ2v) is 4.23. The summed E-state index contributed by atoms with van der Waals surface area (Å²) in [4.78, 5) is 0. The molecule has 0 spiro atoms. The normalized spacial score (nSPS) is 19.9. The zero-order chi connectivity index (χ0) is 12.3. The average Bonchev–Trinajstić information content (AvgIpc) is 3.22. The molecule has 1 N–H and O–H groups in total. The summed E-state index contributed by atoms with van der Waals surface area (Å²) >= 11 is 0. The fraction of sp³-hybridized carbons (Fsp3) is 1.00. The van der Waals surface area contributed by atoms with Gasteiger partial charge >= 0.3 is 0 Å². The smallest absolute Gasteiger partial charge is 0.169 e. The van der Waals surface area contributed by atoms with Crippen molar-refractivity contribution in [3.63, 3.8) is 0 Å². The lowest BCUT2D eigenvalue weighted by molar-refractivity contribution is -0.0987. The quantitative estimate of drug-likeness (QED) is 0.698. The van der Waals surface area contributed by atoms with Crippen molar-refractivity contribution in [3.05, 3.63) is 0 Å². The first-order chi connectivity index (χ1) is 8.36. The summed E-state index contributed by atoms with van der Waals surface area (Å²) in [6, 6.07) is 0. The van der Waals surface area contributed by atoms with Gasteiger partial charge in [-0.25, -0.2) is 0 Å². The molecular weight excluding hydrogens is 222 g/mol. The van der Waals surface area contributed by atoms with Crippen molar-refractivity contribution in [2.24, 2.45) is 5.92 Å². The Morgan fingerprint density at radius 3 is 1.94 bits per heavy atom. The summed E-state index contributed by atoms with van der Waals surface area (Å²) in [6.45, 7) is 5.02. The first kappa shape index (κ1) is 14.9. The monoisotopic (exact) mass is 247 g/mol. The van der Waals surface area contributed by atoms with E-state index in [4.69, 9.17) is 18.9 Å². The molecule has 1 heterocycles. The van der Waals surface area contributed by atoms with Gasteiger partial charge in [-0.15, -0.1) is 0 Å². The van der Waals surface area contributed by atoms with Gasteiger partial charge in [-0.05, 0) is 25.3 Å². The van der Waals surface area contributed by atoms with Crippen LogP contribution < -0.4 is 5.32 Å². The molecule has 2 fully saturated rings. The molecule has 1 aliphatic carbocycles. The zero-order valence-corrected chi connectivity index (χ0v) is 10.9. The van der Waals surface area contributed by atoms with Crippen molar-refractivity contribution in [2.75, 3.05) is 53.7 Å². The van der Waals surface area contributed by atoms with Crippen LogP contribution in [-0.2, 0) is 18.9 Å². The van der Waals surface area contributed by atoms with Crippen LogP contribution in [0.2, 0.25) is 0 Å². The van der Waals surface area contributed by atoms with Crippen LogP contribution in [0.15, 0.2) is 0 Å². The van der Waals surface area contributed by atoms with Gasteiger partial charge in [-0.2, -0.15) is 0 Å². The fourth-order valence-electron chi connectivity index (χ4n) is 1.43. The highest BCUT2D eigenvalue weighted by atomic mass is 16.7. The average molecular weight is 247 g/mol. The molecule has 1 aliphatic heterocycles. The van der Waals surface area contributed by atoms with Crippen molar-refractivity contribution in [1.82, 2.24) is 5.32 Å². The maximum atomic E-state index is 5.02. The summed E-state index contributed by atoms with van der Waals surface area (Å²) in [5.74, 6) is 0.921. The Balaban J connectivity index is 0.000000202. The molecule has 0 amide bonds. The molecule has 2 aliphatic rings. The van der Waals surface area contributed by atoms with Gasteiger partial charge in [0.1, 0.15) is 0 Å². The van der Waals surface area contributed by atoms with Gasteiger partial charge in [0.2, 0.25) is 0 Å². The fourth-order valence-corrected chi connectivity index (χ4v) is 1.43. The highest BCUT2D eigenvalue weighted by Gasteiger charge is 2.20. The lowest BCUT2D eigenvalue weighted by Crippen LogP contribution is -2.30. The minimum absolute atomic E-state index is 0.0891. The van der Waals surface area contributed by atoms with Crippen molar-refractivity contribution >= 4 is 0 Å². The third-order valence-electron chi connectivity index (χ3n) is 2.71. The highest BCUT2D eigenvalue weighted by Crippen LogP contribution is 2.27. The first-order valence-electron chi connectivity index (χ1n) is 6.28. The number of rotatable bonds is 6. The molecule has 102 valence electrons. The van der Waals surface area contributed by atoms with Gasteiger partial charge < -0.3 is 24.3 Å². The molecule has 0 atom stereocenters. The van der Waals surface area contributed by atoms with Crippen LogP contribution >= 0.6 is 0 Å². The van der Waals surface area contributed by atoms with E-state index in [9.17, 15) is 0 Å².